The lowest BCUT2D eigenvalue weighted by atomic mass is 10.2. The van der Waals surface area contributed by atoms with Gasteiger partial charge in [-0.1, -0.05) is 18.2 Å². The van der Waals surface area contributed by atoms with Crippen molar-refractivity contribution in [1.82, 2.24) is 0 Å². The van der Waals surface area contributed by atoms with E-state index >= 15 is 0 Å². The first-order valence-electron chi connectivity index (χ1n) is 7.53. The highest BCUT2D eigenvalue weighted by molar-refractivity contribution is 6.10. The average molecular weight is 341 g/mol. The van der Waals surface area contributed by atoms with Crippen LogP contribution in [0.5, 0.6) is 5.75 Å². The minimum Gasteiger partial charge on any atom is -0.483 e. The summed E-state index contributed by atoms with van der Waals surface area (Å²) in [4.78, 5) is 36.1. The number of rotatable bonds is 4. The predicted molar refractivity (Wildman–Crippen MR) is 90.8 cm³/mol. The van der Waals surface area contributed by atoms with E-state index in [-0.39, 0.29) is 30.5 Å². The van der Waals surface area contributed by atoms with Crippen molar-refractivity contribution >= 4 is 28.9 Å². The smallest absolute Gasteiger partial charge is 0.276 e. The van der Waals surface area contributed by atoms with E-state index in [9.17, 15) is 19.7 Å². The van der Waals surface area contributed by atoms with Gasteiger partial charge in [0.05, 0.1) is 21.9 Å². The number of fused-ring (bicyclic) bond motifs is 1. The van der Waals surface area contributed by atoms with Gasteiger partial charge in [-0.05, 0) is 25.1 Å². The topological polar surface area (TPSA) is 102 Å². The number of nitro benzene ring substituents is 1. The van der Waals surface area contributed by atoms with E-state index in [2.05, 4.69) is 5.32 Å². The number of hydrogen-bond acceptors (Lipinski definition) is 5. The first-order valence-corrected chi connectivity index (χ1v) is 7.53. The summed E-state index contributed by atoms with van der Waals surface area (Å²) in [6.45, 7) is 1.12. The molecule has 0 aromatic heterocycles. The van der Waals surface area contributed by atoms with Crippen LogP contribution in [-0.2, 0) is 9.59 Å². The number of carbonyl (C=O) groups excluding carboxylic acids is 2. The van der Waals surface area contributed by atoms with Crippen LogP contribution in [0.4, 0.5) is 17.1 Å². The lowest BCUT2D eigenvalue weighted by molar-refractivity contribution is -0.385. The fourth-order valence-corrected chi connectivity index (χ4v) is 2.63. The molecule has 0 fully saturated rings. The van der Waals surface area contributed by atoms with Crippen molar-refractivity contribution in [3.63, 3.8) is 0 Å². The van der Waals surface area contributed by atoms with E-state index in [1.54, 1.807) is 37.3 Å². The lowest BCUT2D eigenvalue weighted by Gasteiger charge is -2.29. The van der Waals surface area contributed by atoms with Gasteiger partial charge in [-0.15, -0.1) is 0 Å². The molecule has 25 heavy (non-hydrogen) atoms. The van der Waals surface area contributed by atoms with Gasteiger partial charge in [0.25, 0.3) is 11.6 Å². The van der Waals surface area contributed by atoms with Gasteiger partial charge in [0.2, 0.25) is 5.91 Å². The number of hydrogen-bond donors (Lipinski definition) is 1. The van der Waals surface area contributed by atoms with Gasteiger partial charge in [-0.2, -0.15) is 0 Å². The maximum Gasteiger partial charge on any atom is 0.276 e. The van der Waals surface area contributed by atoms with Crippen LogP contribution >= 0.6 is 0 Å². The highest BCUT2D eigenvalue weighted by atomic mass is 16.6. The Morgan fingerprint density at radius 2 is 2.04 bits per heavy atom. The van der Waals surface area contributed by atoms with Crippen LogP contribution in [0.1, 0.15) is 5.56 Å². The van der Waals surface area contributed by atoms with E-state index in [0.29, 0.717) is 16.9 Å². The van der Waals surface area contributed by atoms with Gasteiger partial charge in [0.1, 0.15) is 12.3 Å². The number of amides is 2. The second-order valence-electron chi connectivity index (χ2n) is 5.49. The summed E-state index contributed by atoms with van der Waals surface area (Å²) >= 11 is 0. The van der Waals surface area contributed by atoms with E-state index in [4.69, 9.17) is 4.74 Å². The zero-order valence-electron chi connectivity index (χ0n) is 13.4. The van der Waals surface area contributed by atoms with E-state index < -0.39 is 10.8 Å². The fraction of sp³-hybridized carbons (Fsp3) is 0.176. The average Bonchev–Trinajstić information content (AvgIpc) is 2.59. The molecule has 128 valence electrons. The van der Waals surface area contributed by atoms with Crippen LogP contribution in [0, 0.1) is 17.0 Å². The number of nitrogens with zero attached hydrogens (tertiary/aromatic N) is 2. The summed E-state index contributed by atoms with van der Waals surface area (Å²) in [6.07, 6.45) is 0. The van der Waals surface area contributed by atoms with Gasteiger partial charge in [-0.3, -0.25) is 24.6 Å². The van der Waals surface area contributed by atoms with Crippen molar-refractivity contribution in [2.45, 2.75) is 6.92 Å². The van der Waals surface area contributed by atoms with E-state index in [0.717, 1.165) is 0 Å². The van der Waals surface area contributed by atoms with Crippen molar-refractivity contribution in [2.75, 3.05) is 23.4 Å². The highest BCUT2D eigenvalue weighted by Gasteiger charge is 2.27. The quantitative estimate of drug-likeness (QED) is 0.679. The molecule has 0 atom stereocenters. The third-order valence-electron chi connectivity index (χ3n) is 3.88. The van der Waals surface area contributed by atoms with Gasteiger partial charge in [0.15, 0.2) is 6.61 Å². The second-order valence-corrected chi connectivity index (χ2v) is 5.49. The standard InChI is InChI=1S/C17H15N3O5/c1-11-13(20(23)24)7-4-8-15(11)25-10-17(22)19-9-16(21)18-12-5-2-3-6-14(12)19/h2-8H,9-10H2,1H3,(H,18,21). The molecule has 1 aliphatic heterocycles. The molecule has 0 unspecified atom stereocenters. The van der Waals surface area contributed by atoms with Gasteiger partial charge >= 0.3 is 0 Å². The SMILES string of the molecule is Cc1c(OCC(=O)N2CC(=O)Nc3ccccc32)cccc1[N+](=O)[O-]. The zero-order chi connectivity index (χ0) is 18.0. The molecule has 3 rings (SSSR count). The number of nitro groups is 1. The zero-order valence-corrected chi connectivity index (χ0v) is 13.4. The van der Waals surface area contributed by atoms with Crippen LogP contribution in [0.25, 0.3) is 0 Å². The largest absolute Gasteiger partial charge is 0.483 e. The molecule has 0 aliphatic carbocycles. The number of para-hydroxylation sites is 2. The van der Waals surface area contributed by atoms with E-state index in [1.165, 1.54) is 17.0 Å². The van der Waals surface area contributed by atoms with Crippen molar-refractivity contribution < 1.29 is 19.2 Å². The molecule has 0 saturated heterocycles. The number of ether oxygens (including phenoxy) is 1. The van der Waals surface area contributed by atoms with E-state index in [1.807, 2.05) is 0 Å². The van der Waals surface area contributed by atoms with Crippen LogP contribution in [0.2, 0.25) is 0 Å². The Labute approximate surface area is 143 Å². The summed E-state index contributed by atoms with van der Waals surface area (Å²) < 4.78 is 5.47. The van der Waals surface area contributed by atoms with Crippen LogP contribution in [0.3, 0.4) is 0 Å². The number of nitrogens with one attached hydrogen (secondary N) is 1. The molecule has 0 bridgehead atoms. The molecule has 1 N–H and O–H groups in total. The van der Waals surface area contributed by atoms with Gasteiger partial charge < -0.3 is 10.1 Å². The Kier molecular flexibility index (Phi) is 4.34. The first kappa shape index (κ1) is 16.4. The minimum absolute atomic E-state index is 0.0763. The molecular weight excluding hydrogens is 326 g/mol. The molecule has 8 nitrogen and oxygen atoms in total. The van der Waals surface area contributed by atoms with Gasteiger partial charge in [0, 0.05) is 6.07 Å². The number of carbonyl (C=O) groups is 2. The molecule has 8 heteroatoms. The van der Waals surface area contributed by atoms with Crippen LogP contribution in [0.15, 0.2) is 42.5 Å². The molecule has 1 heterocycles. The molecule has 0 spiro atoms. The predicted octanol–water partition coefficient (Wildman–Crippen LogP) is 2.27. The van der Waals surface area contributed by atoms with Crippen LogP contribution in [-0.4, -0.2) is 29.9 Å². The maximum absolute atomic E-state index is 12.5. The van der Waals surface area contributed by atoms with Crippen molar-refractivity contribution in [3.05, 3.63) is 58.1 Å². The molecule has 1 aliphatic rings. The molecular formula is C17H15N3O5. The Morgan fingerprint density at radius 3 is 2.80 bits per heavy atom. The summed E-state index contributed by atoms with van der Waals surface area (Å²) in [5.41, 5.74) is 1.41. The van der Waals surface area contributed by atoms with Crippen molar-refractivity contribution in [2.24, 2.45) is 0 Å². The Hall–Kier alpha value is -3.42. The number of benzene rings is 2. The number of anilines is 2. The molecule has 2 amide bonds. The molecule has 0 saturated carbocycles. The van der Waals surface area contributed by atoms with Gasteiger partial charge in [-0.25, -0.2) is 0 Å². The summed E-state index contributed by atoms with van der Waals surface area (Å²) in [6, 6.07) is 11.4. The molecule has 2 aromatic rings. The lowest BCUT2D eigenvalue weighted by Crippen LogP contribution is -2.44. The maximum atomic E-state index is 12.5. The Balaban J connectivity index is 1.77. The second kappa shape index (κ2) is 6.60. The minimum atomic E-state index is -0.505. The third-order valence-corrected chi connectivity index (χ3v) is 3.88. The summed E-state index contributed by atoms with van der Waals surface area (Å²) in [7, 11) is 0. The summed E-state index contributed by atoms with van der Waals surface area (Å²) in [5, 5.41) is 13.7. The normalized spacial score (nSPS) is 13.0. The molecule has 2 aromatic carbocycles. The summed E-state index contributed by atoms with van der Waals surface area (Å²) in [5.74, 6) is -0.441. The highest BCUT2D eigenvalue weighted by Crippen LogP contribution is 2.30. The van der Waals surface area contributed by atoms with Crippen LogP contribution < -0.4 is 15.0 Å². The molecule has 0 radical (unpaired) electrons. The van der Waals surface area contributed by atoms with Crippen molar-refractivity contribution in [3.8, 4) is 5.75 Å². The fourth-order valence-electron chi connectivity index (χ4n) is 2.63. The monoisotopic (exact) mass is 341 g/mol. The Morgan fingerprint density at radius 1 is 1.28 bits per heavy atom. The first-order chi connectivity index (χ1) is 12.0. The Bertz CT molecular complexity index is 865. The third kappa shape index (κ3) is 3.27. The van der Waals surface area contributed by atoms with Crippen molar-refractivity contribution in [1.29, 1.82) is 0 Å².